The normalized spacial score (nSPS) is 12.4. The summed E-state index contributed by atoms with van der Waals surface area (Å²) in [6.07, 6.45) is 1.45. The minimum absolute atomic E-state index is 0. The molecule has 0 fully saturated rings. The topological polar surface area (TPSA) is 80.9 Å². The molecule has 0 spiro atoms. The summed E-state index contributed by atoms with van der Waals surface area (Å²) in [5.41, 5.74) is 7.35. The molecule has 3 aromatic carbocycles. The molecule has 5 aromatic rings. The average Bonchev–Trinajstić information content (AvgIpc) is 3.40. The summed E-state index contributed by atoms with van der Waals surface area (Å²) in [4.78, 5) is 13.7. The molecule has 0 bridgehead atoms. The van der Waals surface area contributed by atoms with E-state index in [1.165, 1.54) is 34.5 Å². The quantitative estimate of drug-likeness (QED) is 0.235. The zero-order valence-corrected chi connectivity index (χ0v) is 23.0. The molecule has 0 aliphatic heterocycles. The van der Waals surface area contributed by atoms with Crippen LogP contribution in [0.5, 0.6) is 0 Å². The van der Waals surface area contributed by atoms with Gasteiger partial charge in [-0.05, 0) is 47.7 Å². The molecule has 0 unspecified atom stereocenters. The van der Waals surface area contributed by atoms with Gasteiger partial charge in [0.25, 0.3) is 0 Å². The number of carbonyl (C=O) groups is 1. The van der Waals surface area contributed by atoms with Crippen molar-refractivity contribution in [3.05, 3.63) is 120 Å². The molecule has 0 saturated carbocycles. The van der Waals surface area contributed by atoms with E-state index in [9.17, 15) is 4.79 Å². The van der Waals surface area contributed by atoms with E-state index >= 15 is 0 Å². The first kappa shape index (κ1) is 26.1. The van der Waals surface area contributed by atoms with Gasteiger partial charge in [0, 0.05) is 32.0 Å². The molecule has 6 rings (SSSR count). The van der Waals surface area contributed by atoms with Crippen LogP contribution in [0.2, 0.25) is 0 Å². The van der Waals surface area contributed by atoms with Gasteiger partial charge < -0.3 is 9.67 Å². The molecule has 187 valence electrons. The van der Waals surface area contributed by atoms with Crippen molar-refractivity contribution in [1.82, 2.24) is 19.7 Å². The Hall–Kier alpha value is -3.93. The van der Waals surface area contributed by atoms with Crippen molar-refractivity contribution in [2.75, 3.05) is 0 Å². The van der Waals surface area contributed by atoms with Gasteiger partial charge in [-0.25, -0.2) is 9.78 Å². The summed E-state index contributed by atoms with van der Waals surface area (Å²) in [6, 6.07) is 31.5. The van der Waals surface area contributed by atoms with Crippen LogP contribution in [-0.4, -0.2) is 30.8 Å². The molecule has 1 N–H and O–H groups in total. The maximum Gasteiger partial charge on any atom is 0.354 e. The molecule has 2 aromatic heterocycles. The summed E-state index contributed by atoms with van der Waals surface area (Å²) in [7, 11) is 0. The maximum atomic E-state index is 10.1. The fourth-order valence-electron chi connectivity index (χ4n) is 4.68. The van der Waals surface area contributed by atoms with Crippen LogP contribution in [0.1, 0.15) is 41.3 Å². The van der Waals surface area contributed by atoms with Gasteiger partial charge in [0.1, 0.15) is 11.5 Å². The standard InChI is InChI=1S/C24H20N3.C6H5NO2.Ir/c1-16-25-26-23(27(16)18-9-5-4-6-10-18)17-13-14-22-20(15-17)19-11-7-8-12-21(19)24(22,2)3;8-6(9)5-3-1-2-4-7-5;/h4-12,14-15H,1-3H3;1-4H,(H,8,9);/q-1;;. The molecule has 0 amide bonds. The Labute approximate surface area is 229 Å². The van der Waals surface area contributed by atoms with E-state index < -0.39 is 5.97 Å². The smallest absolute Gasteiger partial charge is 0.354 e. The van der Waals surface area contributed by atoms with Crippen LogP contribution in [0.25, 0.3) is 28.2 Å². The Morgan fingerprint density at radius 1 is 0.892 bits per heavy atom. The van der Waals surface area contributed by atoms with Crippen LogP contribution in [0.4, 0.5) is 0 Å². The number of aromatic carboxylic acids is 1. The number of aromatic nitrogens is 4. The number of carboxylic acids is 1. The number of pyridine rings is 1. The molecule has 0 atom stereocenters. The predicted octanol–water partition coefficient (Wildman–Crippen LogP) is 6.13. The number of aryl methyl sites for hydroxylation is 1. The second-order valence-corrected chi connectivity index (χ2v) is 9.11. The minimum Gasteiger partial charge on any atom is -0.477 e. The summed E-state index contributed by atoms with van der Waals surface area (Å²) in [5, 5.41) is 17.1. The Morgan fingerprint density at radius 2 is 1.59 bits per heavy atom. The number of nitrogens with zero attached hydrogens (tertiary/aromatic N) is 4. The Morgan fingerprint density at radius 3 is 2.27 bits per heavy atom. The van der Waals surface area contributed by atoms with E-state index in [0.717, 1.165) is 22.9 Å². The zero-order chi connectivity index (χ0) is 25.3. The monoisotopic (exact) mass is 666 g/mol. The second kappa shape index (κ2) is 10.6. The average molecular weight is 666 g/mol. The summed E-state index contributed by atoms with van der Waals surface area (Å²) in [5.74, 6) is 0.699. The molecule has 1 radical (unpaired) electrons. The van der Waals surface area contributed by atoms with Crippen molar-refractivity contribution >= 4 is 5.97 Å². The van der Waals surface area contributed by atoms with Gasteiger partial charge >= 0.3 is 5.97 Å². The maximum absolute atomic E-state index is 10.1. The third-order valence-electron chi connectivity index (χ3n) is 6.48. The van der Waals surface area contributed by atoms with E-state index in [4.69, 9.17) is 5.11 Å². The number of para-hydroxylation sites is 1. The first-order chi connectivity index (χ1) is 17.4. The first-order valence-electron chi connectivity index (χ1n) is 11.7. The van der Waals surface area contributed by atoms with Gasteiger partial charge in [-0.15, -0.1) is 34.4 Å². The van der Waals surface area contributed by atoms with Crippen LogP contribution >= 0.6 is 0 Å². The largest absolute Gasteiger partial charge is 0.477 e. The van der Waals surface area contributed by atoms with Crippen molar-refractivity contribution in [2.24, 2.45) is 0 Å². The number of benzene rings is 3. The predicted molar refractivity (Wildman–Crippen MR) is 139 cm³/mol. The number of hydrogen-bond donors (Lipinski definition) is 1. The number of carboxylic acid groups (broad SMARTS) is 1. The van der Waals surface area contributed by atoms with Crippen molar-refractivity contribution in [2.45, 2.75) is 26.2 Å². The second-order valence-electron chi connectivity index (χ2n) is 9.11. The van der Waals surface area contributed by atoms with E-state index in [-0.39, 0.29) is 31.2 Å². The van der Waals surface area contributed by atoms with Crippen molar-refractivity contribution in [3.8, 4) is 28.2 Å². The summed E-state index contributed by atoms with van der Waals surface area (Å²) < 4.78 is 2.09. The van der Waals surface area contributed by atoms with Crippen molar-refractivity contribution in [3.63, 3.8) is 0 Å². The Balaban J connectivity index is 0.000000274. The molecule has 1 aliphatic carbocycles. The molecule has 7 heteroatoms. The number of hydrogen-bond acceptors (Lipinski definition) is 4. The molecule has 0 saturated heterocycles. The molecule has 1 aliphatic rings. The van der Waals surface area contributed by atoms with Crippen LogP contribution in [0.15, 0.2) is 91.1 Å². The summed E-state index contributed by atoms with van der Waals surface area (Å²) in [6.45, 7) is 6.54. The molecular formula is C30H25IrN4O2-. The van der Waals surface area contributed by atoms with Gasteiger partial charge in [0.15, 0.2) is 0 Å². The Bertz CT molecular complexity index is 1550. The van der Waals surface area contributed by atoms with Gasteiger partial charge in [0.2, 0.25) is 0 Å². The van der Waals surface area contributed by atoms with Gasteiger partial charge in [-0.3, -0.25) is 0 Å². The van der Waals surface area contributed by atoms with E-state index in [0.29, 0.717) is 0 Å². The van der Waals surface area contributed by atoms with E-state index in [2.05, 4.69) is 88.2 Å². The van der Waals surface area contributed by atoms with Crippen LogP contribution in [0, 0.1) is 13.0 Å². The third kappa shape index (κ3) is 4.88. The summed E-state index contributed by atoms with van der Waals surface area (Å²) >= 11 is 0. The molecule has 37 heavy (non-hydrogen) atoms. The van der Waals surface area contributed by atoms with Crippen molar-refractivity contribution < 1.29 is 30.0 Å². The minimum atomic E-state index is -0.990. The number of fused-ring (bicyclic) bond motifs is 3. The zero-order valence-electron chi connectivity index (χ0n) is 20.6. The third-order valence-corrected chi connectivity index (χ3v) is 6.48. The van der Waals surface area contributed by atoms with Gasteiger partial charge in [-0.2, -0.15) is 5.10 Å². The van der Waals surface area contributed by atoms with Crippen LogP contribution in [-0.2, 0) is 25.5 Å². The SMILES string of the molecule is Cc1nnc(-c2[c-]cc3c(c2)-c2ccccc2C3(C)C)n1-c1ccccc1.O=C(O)c1ccccn1.[Ir]. The van der Waals surface area contributed by atoms with E-state index in [1.807, 2.05) is 25.1 Å². The molecular weight excluding hydrogens is 641 g/mol. The van der Waals surface area contributed by atoms with E-state index in [1.54, 1.807) is 12.1 Å². The molecule has 2 heterocycles. The fraction of sp³-hybridized carbons (Fsp3) is 0.133. The molecule has 6 nitrogen and oxygen atoms in total. The first-order valence-corrected chi connectivity index (χ1v) is 11.7. The van der Waals surface area contributed by atoms with Crippen molar-refractivity contribution in [1.29, 1.82) is 0 Å². The van der Waals surface area contributed by atoms with Crippen LogP contribution < -0.4 is 0 Å². The van der Waals surface area contributed by atoms with Gasteiger partial charge in [-0.1, -0.05) is 67.9 Å². The fourth-order valence-corrected chi connectivity index (χ4v) is 4.68. The Kier molecular flexibility index (Phi) is 7.48. The number of rotatable bonds is 3. The van der Waals surface area contributed by atoms with Gasteiger partial charge in [0.05, 0.1) is 5.82 Å². The van der Waals surface area contributed by atoms with Crippen LogP contribution in [0.3, 0.4) is 0 Å².